The van der Waals surface area contributed by atoms with E-state index in [1.807, 2.05) is 29.6 Å². The molecule has 3 aromatic heterocycles. The highest BCUT2D eigenvalue weighted by Crippen LogP contribution is 2.33. The molecule has 0 bridgehead atoms. The first-order valence-electron chi connectivity index (χ1n) is 6.24. The molecule has 0 aromatic carbocycles. The number of furan rings is 1. The third kappa shape index (κ3) is 3.81. The Morgan fingerprint density at radius 1 is 1.38 bits per heavy atom. The van der Waals surface area contributed by atoms with Gasteiger partial charge in [-0.25, -0.2) is 4.98 Å². The minimum absolute atomic E-state index is 0.0559. The molecule has 4 nitrogen and oxygen atoms in total. The predicted molar refractivity (Wildman–Crippen MR) is 88.8 cm³/mol. The first kappa shape index (κ1) is 14.5. The largest absolute Gasteiger partial charge is 0.469 e. The van der Waals surface area contributed by atoms with Gasteiger partial charge in [0.05, 0.1) is 20.6 Å². The maximum absolute atomic E-state index is 11.9. The number of carbonyl (C=O) groups is 1. The molecule has 1 N–H and O–H groups in total. The summed E-state index contributed by atoms with van der Waals surface area (Å²) < 4.78 is 6.27. The van der Waals surface area contributed by atoms with Crippen LogP contribution in [0.3, 0.4) is 0 Å². The lowest BCUT2D eigenvalue weighted by atomic mass is 10.2. The van der Waals surface area contributed by atoms with Gasteiger partial charge in [0.1, 0.15) is 5.76 Å². The number of nitrogens with one attached hydrogen (secondary N) is 1. The van der Waals surface area contributed by atoms with Crippen LogP contribution in [0.25, 0.3) is 10.6 Å². The number of aryl methyl sites for hydroxylation is 1. The number of carbonyl (C=O) groups excluding carboxylic acids is 1. The average Bonchev–Trinajstić information content (AvgIpc) is 3.17. The van der Waals surface area contributed by atoms with Crippen molar-refractivity contribution in [1.82, 2.24) is 4.98 Å². The second kappa shape index (κ2) is 6.55. The van der Waals surface area contributed by atoms with Crippen LogP contribution in [0.5, 0.6) is 0 Å². The van der Waals surface area contributed by atoms with Gasteiger partial charge in [-0.1, -0.05) is 0 Å². The maximum Gasteiger partial charge on any atom is 0.226 e. The number of hydrogen-bond acceptors (Lipinski definition) is 5. The standard InChI is InChI=1S/C14H11BrN2O2S2/c15-12-5-4-11(21-12)10-8-20-14(16-10)17-13(18)6-3-9-2-1-7-19-9/h1-2,4-5,7-8H,3,6H2,(H,16,17,18). The molecule has 0 saturated carbocycles. The van der Waals surface area contributed by atoms with E-state index in [0.717, 1.165) is 20.1 Å². The number of thiazole rings is 1. The van der Waals surface area contributed by atoms with Gasteiger partial charge in [0, 0.05) is 18.2 Å². The van der Waals surface area contributed by atoms with Crippen LogP contribution in [-0.4, -0.2) is 10.9 Å². The molecule has 0 atom stereocenters. The average molecular weight is 383 g/mol. The summed E-state index contributed by atoms with van der Waals surface area (Å²) in [4.78, 5) is 17.4. The molecule has 0 spiro atoms. The molecule has 0 fully saturated rings. The lowest BCUT2D eigenvalue weighted by Gasteiger charge is -1.99. The maximum atomic E-state index is 11.9. The predicted octanol–water partition coefficient (Wildman–Crippen LogP) is 4.80. The fourth-order valence-corrected chi connectivity index (χ4v) is 3.92. The SMILES string of the molecule is O=C(CCc1ccco1)Nc1nc(-c2ccc(Br)s2)cs1. The number of nitrogens with zero attached hydrogens (tertiary/aromatic N) is 1. The van der Waals surface area contributed by atoms with E-state index in [2.05, 4.69) is 26.2 Å². The molecular formula is C14H11BrN2O2S2. The van der Waals surface area contributed by atoms with Crippen LogP contribution < -0.4 is 5.32 Å². The molecule has 0 radical (unpaired) electrons. The Labute approximate surface area is 138 Å². The normalized spacial score (nSPS) is 10.7. The number of thiophene rings is 1. The minimum atomic E-state index is -0.0559. The smallest absolute Gasteiger partial charge is 0.226 e. The van der Waals surface area contributed by atoms with Crippen molar-refractivity contribution in [2.75, 3.05) is 5.32 Å². The van der Waals surface area contributed by atoms with Crippen molar-refractivity contribution in [3.05, 3.63) is 45.5 Å². The van der Waals surface area contributed by atoms with Gasteiger partial charge in [-0.2, -0.15) is 0 Å². The highest BCUT2D eigenvalue weighted by atomic mass is 79.9. The molecular weight excluding hydrogens is 372 g/mol. The molecule has 0 aliphatic heterocycles. The van der Waals surface area contributed by atoms with Crippen molar-refractivity contribution in [2.45, 2.75) is 12.8 Å². The molecule has 7 heteroatoms. The molecule has 108 valence electrons. The fourth-order valence-electron chi connectivity index (χ4n) is 1.77. The summed E-state index contributed by atoms with van der Waals surface area (Å²) in [5.74, 6) is 0.757. The topological polar surface area (TPSA) is 55.1 Å². The Morgan fingerprint density at radius 2 is 2.29 bits per heavy atom. The van der Waals surface area contributed by atoms with Gasteiger partial charge in [-0.05, 0) is 40.2 Å². The molecule has 0 saturated heterocycles. The fraction of sp³-hybridized carbons (Fsp3) is 0.143. The number of anilines is 1. The zero-order chi connectivity index (χ0) is 14.7. The minimum Gasteiger partial charge on any atom is -0.469 e. The Bertz CT molecular complexity index is 734. The van der Waals surface area contributed by atoms with Crippen molar-refractivity contribution in [1.29, 1.82) is 0 Å². The van der Waals surface area contributed by atoms with E-state index >= 15 is 0 Å². The van der Waals surface area contributed by atoms with Gasteiger partial charge in [0.15, 0.2) is 5.13 Å². The van der Waals surface area contributed by atoms with E-state index in [4.69, 9.17) is 4.42 Å². The molecule has 0 aliphatic carbocycles. The van der Waals surface area contributed by atoms with Gasteiger partial charge < -0.3 is 9.73 Å². The monoisotopic (exact) mass is 382 g/mol. The van der Waals surface area contributed by atoms with Crippen molar-refractivity contribution in [3.63, 3.8) is 0 Å². The van der Waals surface area contributed by atoms with Crippen LogP contribution in [0.1, 0.15) is 12.2 Å². The van der Waals surface area contributed by atoms with Crippen LogP contribution >= 0.6 is 38.6 Å². The van der Waals surface area contributed by atoms with Crippen molar-refractivity contribution in [3.8, 4) is 10.6 Å². The molecule has 3 heterocycles. The first-order chi connectivity index (χ1) is 10.2. The summed E-state index contributed by atoms with van der Waals surface area (Å²) >= 11 is 6.48. The summed E-state index contributed by atoms with van der Waals surface area (Å²) in [5, 5.41) is 5.39. The second-order valence-corrected chi connectivity index (χ2v) is 7.59. The molecule has 3 aromatic rings. The van der Waals surface area contributed by atoms with Gasteiger partial charge in [-0.15, -0.1) is 22.7 Å². The Kier molecular flexibility index (Phi) is 4.52. The van der Waals surface area contributed by atoms with E-state index in [9.17, 15) is 4.79 Å². The van der Waals surface area contributed by atoms with Gasteiger partial charge in [0.25, 0.3) is 0 Å². The van der Waals surface area contributed by atoms with Crippen LogP contribution in [-0.2, 0) is 11.2 Å². The molecule has 0 unspecified atom stereocenters. The van der Waals surface area contributed by atoms with E-state index in [-0.39, 0.29) is 5.91 Å². The highest BCUT2D eigenvalue weighted by molar-refractivity contribution is 9.11. The third-order valence-corrected chi connectivity index (χ3v) is 5.16. The number of amides is 1. The van der Waals surface area contributed by atoms with Crippen LogP contribution in [0.15, 0.2) is 44.1 Å². The lowest BCUT2D eigenvalue weighted by molar-refractivity contribution is -0.116. The molecule has 3 rings (SSSR count). The van der Waals surface area contributed by atoms with Crippen LogP contribution in [0, 0.1) is 0 Å². The zero-order valence-electron chi connectivity index (χ0n) is 10.8. The third-order valence-electron chi connectivity index (χ3n) is 2.75. The van der Waals surface area contributed by atoms with Crippen LogP contribution in [0.2, 0.25) is 0 Å². The number of hydrogen-bond donors (Lipinski definition) is 1. The van der Waals surface area contributed by atoms with E-state index < -0.39 is 0 Å². The Balaban J connectivity index is 1.58. The highest BCUT2D eigenvalue weighted by Gasteiger charge is 2.10. The summed E-state index contributed by atoms with van der Waals surface area (Å²) in [5.41, 5.74) is 0.886. The number of aromatic nitrogens is 1. The van der Waals surface area contributed by atoms with Crippen molar-refractivity contribution in [2.24, 2.45) is 0 Å². The lowest BCUT2D eigenvalue weighted by Crippen LogP contribution is -2.11. The summed E-state index contributed by atoms with van der Waals surface area (Å²) in [7, 11) is 0. The van der Waals surface area contributed by atoms with Gasteiger partial charge in [0.2, 0.25) is 5.91 Å². The van der Waals surface area contributed by atoms with E-state index in [0.29, 0.717) is 18.0 Å². The quantitative estimate of drug-likeness (QED) is 0.689. The summed E-state index contributed by atoms with van der Waals surface area (Å²) in [6.45, 7) is 0. The van der Waals surface area contributed by atoms with E-state index in [1.165, 1.54) is 11.3 Å². The first-order valence-corrected chi connectivity index (χ1v) is 8.73. The zero-order valence-corrected chi connectivity index (χ0v) is 14.1. The van der Waals surface area contributed by atoms with Crippen LogP contribution in [0.4, 0.5) is 5.13 Å². The van der Waals surface area contributed by atoms with E-state index in [1.54, 1.807) is 17.6 Å². The van der Waals surface area contributed by atoms with Gasteiger partial charge >= 0.3 is 0 Å². The Morgan fingerprint density at radius 3 is 3.00 bits per heavy atom. The molecule has 21 heavy (non-hydrogen) atoms. The van der Waals surface area contributed by atoms with Crippen molar-refractivity contribution < 1.29 is 9.21 Å². The molecule has 1 amide bonds. The number of rotatable bonds is 5. The summed E-state index contributed by atoms with van der Waals surface area (Å²) in [6.07, 6.45) is 2.58. The van der Waals surface area contributed by atoms with Gasteiger partial charge in [-0.3, -0.25) is 4.79 Å². The number of halogens is 1. The summed E-state index contributed by atoms with van der Waals surface area (Å²) in [6, 6.07) is 7.68. The Hall–Kier alpha value is -1.44. The molecule has 0 aliphatic rings. The second-order valence-electron chi connectivity index (χ2n) is 4.27. The van der Waals surface area contributed by atoms with Crippen molar-refractivity contribution >= 4 is 49.6 Å².